The monoisotopic (exact) mass is 418 g/mol. The van der Waals surface area contributed by atoms with Crippen molar-refractivity contribution in [3.63, 3.8) is 0 Å². The number of hydrogen-bond acceptors (Lipinski definition) is 4. The summed E-state index contributed by atoms with van der Waals surface area (Å²) in [7, 11) is 4.22. The van der Waals surface area contributed by atoms with Gasteiger partial charge in [-0.1, -0.05) is 23.5 Å². The third-order valence-corrected chi connectivity index (χ3v) is 6.42. The van der Waals surface area contributed by atoms with Crippen molar-refractivity contribution in [2.75, 3.05) is 37.8 Å². The average molecular weight is 419 g/mol. The predicted molar refractivity (Wildman–Crippen MR) is 116 cm³/mol. The summed E-state index contributed by atoms with van der Waals surface area (Å²) in [5.41, 5.74) is 2.08. The molecule has 0 saturated heterocycles. The van der Waals surface area contributed by atoms with Gasteiger partial charge in [0.15, 0.2) is 5.13 Å². The summed E-state index contributed by atoms with van der Waals surface area (Å²) in [6, 6.07) is 12.3. The number of amides is 1. The largest absolute Gasteiger partial charge is 0.340 e. The lowest BCUT2D eigenvalue weighted by molar-refractivity contribution is -0.858. The molecule has 0 radical (unpaired) electrons. The summed E-state index contributed by atoms with van der Waals surface area (Å²) in [5.74, 6) is 0.0585. The summed E-state index contributed by atoms with van der Waals surface area (Å²) < 4.78 is 14.2. The standard InChI is InChI=1S/C21H24FN3OS2/c1-15-6-4-7-18-20(15)23-21(28-18)25(13-5-12-24(2)3)19(26)14-27-17-10-8-16(22)9-11-17/h4,6-11H,5,12-14H2,1-3H3/p+1. The Bertz CT molecular complexity index is 940. The number of nitrogens with zero attached hydrogens (tertiary/aromatic N) is 2. The van der Waals surface area contributed by atoms with E-state index in [0.717, 1.165) is 38.8 Å². The number of carbonyl (C=O) groups excluding carboxylic acids is 1. The third-order valence-electron chi connectivity index (χ3n) is 4.38. The molecular formula is C21H25FN3OS2+. The van der Waals surface area contributed by atoms with Gasteiger partial charge in [-0.05, 0) is 42.8 Å². The Hall–Kier alpha value is -1.96. The number of aromatic nitrogens is 1. The Kier molecular flexibility index (Phi) is 7.04. The zero-order chi connectivity index (χ0) is 20.1. The molecule has 0 bridgehead atoms. The van der Waals surface area contributed by atoms with Gasteiger partial charge in [0, 0.05) is 17.9 Å². The van der Waals surface area contributed by atoms with E-state index in [9.17, 15) is 9.18 Å². The van der Waals surface area contributed by atoms with Crippen LogP contribution in [0.1, 0.15) is 12.0 Å². The second-order valence-corrected chi connectivity index (χ2v) is 9.07. The lowest BCUT2D eigenvalue weighted by Crippen LogP contribution is -3.05. The number of carbonyl (C=O) groups is 1. The third kappa shape index (κ3) is 5.31. The molecule has 1 amide bonds. The molecule has 7 heteroatoms. The number of nitrogens with one attached hydrogen (secondary N) is 1. The maximum absolute atomic E-state index is 13.1. The highest BCUT2D eigenvalue weighted by Gasteiger charge is 2.20. The maximum atomic E-state index is 13.1. The van der Waals surface area contributed by atoms with Crippen LogP contribution in [0.5, 0.6) is 0 Å². The fourth-order valence-corrected chi connectivity index (χ4v) is 4.72. The van der Waals surface area contributed by atoms with Gasteiger partial charge in [-0.3, -0.25) is 9.69 Å². The van der Waals surface area contributed by atoms with Crippen molar-refractivity contribution >= 4 is 44.4 Å². The number of para-hydroxylation sites is 1. The summed E-state index contributed by atoms with van der Waals surface area (Å²) in [6.45, 7) is 3.67. The van der Waals surface area contributed by atoms with Crippen LogP contribution in [0, 0.1) is 12.7 Å². The quantitative estimate of drug-likeness (QED) is 0.570. The van der Waals surface area contributed by atoms with E-state index < -0.39 is 0 Å². The molecule has 4 nitrogen and oxygen atoms in total. The molecule has 0 aliphatic carbocycles. The van der Waals surface area contributed by atoms with E-state index in [2.05, 4.69) is 14.1 Å². The number of thioether (sulfide) groups is 1. The van der Waals surface area contributed by atoms with Gasteiger partial charge in [0.25, 0.3) is 0 Å². The molecule has 0 unspecified atom stereocenters. The molecular weight excluding hydrogens is 393 g/mol. The molecule has 0 saturated carbocycles. The Labute approximate surface area is 173 Å². The first kappa shape index (κ1) is 20.8. The number of anilines is 1. The molecule has 28 heavy (non-hydrogen) atoms. The van der Waals surface area contributed by atoms with Crippen LogP contribution in [0.4, 0.5) is 9.52 Å². The first-order valence-corrected chi connectivity index (χ1v) is 11.1. The molecule has 3 aromatic rings. The topological polar surface area (TPSA) is 37.6 Å². The van der Waals surface area contributed by atoms with Gasteiger partial charge in [-0.25, -0.2) is 9.37 Å². The fraction of sp³-hybridized carbons (Fsp3) is 0.333. The van der Waals surface area contributed by atoms with Crippen molar-refractivity contribution < 1.29 is 14.1 Å². The molecule has 2 aromatic carbocycles. The Morgan fingerprint density at radius 3 is 2.64 bits per heavy atom. The molecule has 1 N–H and O–H groups in total. The smallest absolute Gasteiger partial charge is 0.239 e. The minimum atomic E-state index is -0.270. The molecule has 0 spiro atoms. The van der Waals surface area contributed by atoms with E-state index >= 15 is 0 Å². The van der Waals surface area contributed by atoms with Crippen LogP contribution in [0.2, 0.25) is 0 Å². The molecule has 1 heterocycles. The Balaban J connectivity index is 1.77. The summed E-state index contributed by atoms with van der Waals surface area (Å²) in [6.07, 6.45) is 0.907. The first-order valence-electron chi connectivity index (χ1n) is 9.28. The van der Waals surface area contributed by atoms with Gasteiger partial charge in [-0.15, -0.1) is 11.8 Å². The molecule has 0 atom stereocenters. The number of rotatable bonds is 8. The average Bonchev–Trinajstić information content (AvgIpc) is 3.09. The molecule has 0 fully saturated rings. The number of thiazole rings is 1. The highest BCUT2D eigenvalue weighted by molar-refractivity contribution is 8.00. The van der Waals surface area contributed by atoms with E-state index in [1.165, 1.54) is 28.8 Å². The van der Waals surface area contributed by atoms with Gasteiger partial charge >= 0.3 is 0 Å². The highest BCUT2D eigenvalue weighted by atomic mass is 32.2. The molecule has 148 valence electrons. The van der Waals surface area contributed by atoms with Gasteiger partial charge in [0.1, 0.15) is 5.82 Å². The number of halogens is 1. The summed E-state index contributed by atoms with van der Waals surface area (Å²) in [5, 5.41) is 0.753. The number of aryl methyl sites for hydroxylation is 1. The van der Waals surface area contributed by atoms with Crippen molar-refractivity contribution in [3.05, 3.63) is 53.8 Å². The van der Waals surface area contributed by atoms with Crippen molar-refractivity contribution in [1.29, 1.82) is 0 Å². The molecule has 0 aliphatic heterocycles. The molecule has 1 aromatic heterocycles. The zero-order valence-corrected chi connectivity index (χ0v) is 18.0. The van der Waals surface area contributed by atoms with Crippen molar-refractivity contribution in [2.24, 2.45) is 0 Å². The van der Waals surface area contributed by atoms with Crippen LogP contribution in [0.25, 0.3) is 10.2 Å². The van der Waals surface area contributed by atoms with Crippen LogP contribution < -0.4 is 9.80 Å². The number of quaternary nitrogens is 1. The zero-order valence-electron chi connectivity index (χ0n) is 16.4. The summed E-state index contributed by atoms with van der Waals surface area (Å²) >= 11 is 2.98. The van der Waals surface area contributed by atoms with Gasteiger partial charge in [-0.2, -0.15) is 0 Å². The van der Waals surface area contributed by atoms with E-state index in [0.29, 0.717) is 12.3 Å². The Morgan fingerprint density at radius 1 is 1.21 bits per heavy atom. The lowest BCUT2D eigenvalue weighted by atomic mass is 10.2. The van der Waals surface area contributed by atoms with E-state index in [1.807, 2.05) is 30.0 Å². The van der Waals surface area contributed by atoms with Gasteiger partial charge in [0.2, 0.25) is 5.91 Å². The number of hydrogen-bond donors (Lipinski definition) is 1. The van der Waals surface area contributed by atoms with E-state index in [-0.39, 0.29) is 11.7 Å². The molecule has 3 rings (SSSR count). The van der Waals surface area contributed by atoms with Crippen molar-refractivity contribution in [1.82, 2.24) is 4.98 Å². The SMILES string of the molecule is Cc1cccc2sc(N(CCC[NH+](C)C)C(=O)CSc3ccc(F)cc3)nc12. The second kappa shape index (κ2) is 9.49. The second-order valence-electron chi connectivity index (χ2n) is 7.02. The lowest BCUT2D eigenvalue weighted by Gasteiger charge is -2.20. The van der Waals surface area contributed by atoms with Crippen LogP contribution in [-0.4, -0.2) is 43.8 Å². The van der Waals surface area contributed by atoms with Crippen molar-refractivity contribution in [3.8, 4) is 0 Å². The van der Waals surface area contributed by atoms with Crippen LogP contribution in [0.15, 0.2) is 47.4 Å². The number of benzene rings is 2. The van der Waals surface area contributed by atoms with Gasteiger partial charge < -0.3 is 4.90 Å². The highest BCUT2D eigenvalue weighted by Crippen LogP contribution is 2.31. The minimum absolute atomic E-state index is 0.0276. The van der Waals surface area contributed by atoms with Crippen LogP contribution >= 0.6 is 23.1 Å². The van der Waals surface area contributed by atoms with Crippen LogP contribution in [0.3, 0.4) is 0 Å². The summed E-state index contributed by atoms with van der Waals surface area (Å²) in [4.78, 5) is 21.8. The van der Waals surface area contributed by atoms with E-state index in [1.54, 1.807) is 23.5 Å². The minimum Gasteiger partial charge on any atom is -0.340 e. The normalized spacial score (nSPS) is 11.3. The van der Waals surface area contributed by atoms with Crippen LogP contribution in [-0.2, 0) is 4.79 Å². The van der Waals surface area contributed by atoms with E-state index in [4.69, 9.17) is 4.98 Å². The van der Waals surface area contributed by atoms with Crippen molar-refractivity contribution in [2.45, 2.75) is 18.2 Å². The first-order chi connectivity index (χ1) is 13.4. The Morgan fingerprint density at radius 2 is 1.96 bits per heavy atom. The number of fused-ring (bicyclic) bond motifs is 1. The maximum Gasteiger partial charge on any atom is 0.239 e. The fourth-order valence-electron chi connectivity index (χ4n) is 2.86. The predicted octanol–water partition coefficient (Wildman–Crippen LogP) is 3.40. The van der Waals surface area contributed by atoms with Gasteiger partial charge in [0.05, 0.1) is 36.6 Å². The molecule has 0 aliphatic rings.